The van der Waals surface area contributed by atoms with E-state index in [4.69, 9.17) is 16.9 Å². The van der Waals surface area contributed by atoms with Crippen LogP contribution in [-0.2, 0) is 0 Å². The lowest BCUT2D eigenvalue weighted by atomic mass is 10.1. The maximum atomic E-state index is 14.0. The van der Waals surface area contributed by atoms with Crippen LogP contribution in [0.1, 0.15) is 5.56 Å². The van der Waals surface area contributed by atoms with Crippen LogP contribution in [0.2, 0.25) is 5.02 Å². The Hall–Kier alpha value is -2.22. The van der Waals surface area contributed by atoms with Gasteiger partial charge in [-0.25, -0.2) is 9.37 Å². The SMILES string of the molecule is N#Cc1ccc(-c2csc(-c3cccc(Cl)c3F)n2)cc1. The van der Waals surface area contributed by atoms with E-state index < -0.39 is 5.82 Å². The van der Waals surface area contributed by atoms with E-state index in [0.29, 0.717) is 16.1 Å². The van der Waals surface area contributed by atoms with Crippen LogP contribution >= 0.6 is 22.9 Å². The molecule has 0 aliphatic heterocycles. The van der Waals surface area contributed by atoms with E-state index >= 15 is 0 Å². The van der Waals surface area contributed by atoms with Gasteiger partial charge in [-0.3, -0.25) is 0 Å². The molecule has 0 radical (unpaired) electrons. The molecule has 3 rings (SSSR count). The molecule has 0 saturated carbocycles. The predicted octanol–water partition coefficient (Wildman–Crippen LogP) is 5.14. The van der Waals surface area contributed by atoms with Crippen LogP contribution in [0.3, 0.4) is 0 Å². The van der Waals surface area contributed by atoms with Gasteiger partial charge in [0.25, 0.3) is 0 Å². The first kappa shape index (κ1) is 13.7. The molecule has 0 N–H and O–H groups in total. The van der Waals surface area contributed by atoms with E-state index in [-0.39, 0.29) is 5.02 Å². The third-order valence-electron chi connectivity index (χ3n) is 3.00. The summed E-state index contributed by atoms with van der Waals surface area (Å²) in [5, 5.41) is 11.3. The average Bonchev–Trinajstić information content (AvgIpc) is 3.00. The minimum atomic E-state index is -0.458. The van der Waals surface area contributed by atoms with E-state index in [2.05, 4.69) is 11.1 Å². The second-order valence-corrected chi connectivity index (χ2v) is 5.59. The summed E-state index contributed by atoms with van der Waals surface area (Å²) in [6.07, 6.45) is 0. The van der Waals surface area contributed by atoms with Crippen molar-refractivity contribution in [1.82, 2.24) is 4.98 Å². The van der Waals surface area contributed by atoms with E-state index in [1.807, 2.05) is 17.5 Å². The molecule has 3 aromatic rings. The number of halogens is 2. The number of thiazole rings is 1. The summed E-state index contributed by atoms with van der Waals surface area (Å²) in [6.45, 7) is 0. The van der Waals surface area contributed by atoms with Gasteiger partial charge in [0.2, 0.25) is 0 Å². The molecule has 21 heavy (non-hydrogen) atoms. The number of hydrogen-bond acceptors (Lipinski definition) is 3. The smallest absolute Gasteiger partial charge is 0.152 e. The standard InChI is InChI=1S/C16H8ClFN2S/c17-13-3-1-2-12(15(13)18)16-20-14(9-21-16)11-6-4-10(8-19)5-7-11/h1-7,9H. The van der Waals surface area contributed by atoms with E-state index in [0.717, 1.165) is 11.3 Å². The van der Waals surface area contributed by atoms with Gasteiger partial charge in [0.1, 0.15) is 5.01 Å². The molecule has 0 amide bonds. The third-order valence-corrected chi connectivity index (χ3v) is 4.16. The summed E-state index contributed by atoms with van der Waals surface area (Å²) >= 11 is 7.15. The van der Waals surface area contributed by atoms with E-state index in [1.165, 1.54) is 17.4 Å². The zero-order valence-electron chi connectivity index (χ0n) is 10.7. The van der Waals surface area contributed by atoms with Crippen molar-refractivity contribution < 1.29 is 4.39 Å². The molecule has 0 unspecified atom stereocenters. The first-order chi connectivity index (χ1) is 10.2. The summed E-state index contributed by atoms with van der Waals surface area (Å²) in [5.41, 5.74) is 2.63. The first-order valence-electron chi connectivity index (χ1n) is 6.09. The third kappa shape index (κ3) is 2.66. The van der Waals surface area contributed by atoms with Crippen molar-refractivity contribution in [1.29, 1.82) is 5.26 Å². The molecule has 0 aliphatic rings. The number of benzene rings is 2. The van der Waals surface area contributed by atoms with Gasteiger partial charge in [-0.1, -0.05) is 29.8 Å². The lowest BCUT2D eigenvalue weighted by Crippen LogP contribution is -1.85. The minimum Gasteiger partial charge on any atom is -0.236 e. The van der Waals surface area contributed by atoms with Crippen molar-refractivity contribution in [3.63, 3.8) is 0 Å². The van der Waals surface area contributed by atoms with Crippen LogP contribution in [0.4, 0.5) is 4.39 Å². The number of aromatic nitrogens is 1. The van der Waals surface area contributed by atoms with Gasteiger partial charge in [-0.05, 0) is 24.3 Å². The molecule has 0 atom stereocenters. The summed E-state index contributed by atoms with van der Waals surface area (Å²) in [7, 11) is 0. The van der Waals surface area contributed by atoms with E-state index in [1.54, 1.807) is 24.3 Å². The molecule has 0 fully saturated rings. The Balaban J connectivity index is 2.00. The number of nitrogens with zero attached hydrogens (tertiary/aromatic N) is 2. The van der Waals surface area contributed by atoms with Gasteiger partial charge in [-0.15, -0.1) is 11.3 Å². The van der Waals surface area contributed by atoms with Crippen molar-refractivity contribution in [2.24, 2.45) is 0 Å². The normalized spacial score (nSPS) is 10.3. The Labute approximate surface area is 130 Å². The monoisotopic (exact) mass is 314 g/mol. The van der Waals surface area contributed by atoms with Crippen LogP contribution in [-0.4, -0.2) is 4.98 Å². The molecule has 1 heterocycles. The van der Waals surface area contributed by atoms with Crippen LogP contribution in [0.15, 0.2) is 47.8 Å². The van der Waals surface area contributed by atoms with Crippen LogP contribution in [0, 0.1) is 17.1 Å². The van der Waals surface area contributed by atoms with Crippen LogP contribution < -0.4 is 0 Å². The van der Waals surface area contributed by atoms with Crippen molar-refractivity contribution in [2.75, 3.05) is 0 Å². The Morgan fingerprint density at radius 2 is 1.90 bits per heavy atom. The highest BCUT2D eigenvalue weighted by atomic mass is 35.5. The Morgan fingerprint density at radius 3 is 2.62 bits per heavy atom. The quantitative estimate of drug-likeness (QED) is 0.656. The Bertz CT molecular complexity index is 834. The number of rotatable bonds is 2. The number of hydrogen-bond donors (Lipinski definition) is 0. The maximum absolute atomic E-state index is 14.0. The van der Waals surface area contributed by atoms with Crippen LogP contribution in [0.5, 0.6) is 0 Å². The molecule has 0 aliphatic carbocycles. The second kappa shape index (κ2) is 5.65. The van der Waals surface area contributed by atoms with Crippen molar-refractivity contribution >= 4 is 22.9 Å². The van der Waals surface area contributed by atoms with Crippen molar-refractivity contribution in [3.8, 4) is 27.9 Å². The molecule has 0 spiro atoms. The van der Waals surface area contributed by atoms with Gasteiger partial charge in [0.15, 0.2) is 5.82 Å². The van der Waals surface area contributed by atoms with Crippen molar-refractivity contribution in [3.05, 3.63) is 64.2 Å². The molecular weight excluding hydrogens is 307 g/mol. The highest BCUT2D eigenvalue weighted by Gasteiger charge is 2.12. The van der Waals surface area contributed by atoms with Gasteiger partial charge < -0.3 is 0 Å². The summed E-state index contributed by atoms with van der Waals surface area (Å²) in [5.74, 6) is -0.458. The highest BCUT2D eigenvalue weighted by Crippen LogP contribution is 2.32. The summed E-state index contributed by atoms with van der Waals surface area (Å²) < 4.78 is 14.0. The minimum absolute atomic E-state index is 0.0858. The second-order valence-electron chi connectivity index (χ2n) is 4.33. The fourth-order valence-corrected chi connectivity index (χ4v) is 2.94. The van der Waals surface area contributed by atoms with Gasteiger partial charge in [-0.2, -0.15) is 5.26 Å². The topological polar surface area (TPSA) is 36.7 Å². The molecular formula is C16H8ClFN2S. The van der Waals surface area contributed by atoms with E-state index in [9.17, 15) is 4.39 Å². The summed E-state index contributed by atoms with van der Waals surface area (Å²) in [4.78, 5) is 4.45. The zero-order chi connectivity index (χ0) is 14.8. The molecule has 5 heteroatoms. The number of nitriles is 1. The summed E-state index contributed by atoms with van der Waals surface area (Å²) in [6, 6.07) is 14.0. The molecule has 0 bridgehead atoms. The van der Waals surface area contributed by atoms with Gasteiger partial charge >= 0.3 is 0 Å². The Morgan fingerprint density at radius 1 is 1.14 bits per heavy atom. The average molecular weight is 315 g/mol. The highest BCUT2D eigenvalue weighted by molar-refractivity contribution is 7.13. The largest absolute Gasteiger partial charge is 0.236 e. The molecule has 0 saturated heterocycles. The van der Waals surface area contributed by atoms with Gasteiger partial charge in [0, 0.05) is 16.5 Å². The Kier molecular flexibility index (Phi) is 3.70. The maximum Gasteiger partial charge on any atom is 0.152 e. The molecule has 1 aromatic heterocycles. The van der Waals surface area contributed by atoms with Crippen LogP contribution in [0.25, 0.3) is 21.8 Å². The molecule has 2 nitrogen and oxygen atoms in total. The predicted molar refractivity (Wildman–Crippen MR) is 82.7 cm³/mol. The zero-order valence-corrected chi connectivity index (χ0v) is 12.2. The van der Waals surface area contributed by atoms with Crippen molar-refractivity contribution in [2.45, 2.75) is 0 Å². The molecule has 102 valence electrons. The lowest BCUT2D eigenvalue weighted by Gasteiger charge is -2.00. The molecule has 2 aromatic carbocycles. The lowest BCUT2D eigenvalue weighted by molar-refractivity contribution is 0.631. The fourth-order valence-electron chi connectivity index (χ4n) is 1.91. The first-order valence-corrected chi connectivity index (χ1v) is 7.35. The van der Waals surface area contributed by atoms with Gasteiger partial charge in [0.05, 0.1) is 22.3 Å². The fraction of sp³-hybridized carbons (Fsp3) is 0.